The molecule has 0 amide bonds. The minimum Gasteiger partial charge on any atom is -0.466 e. The van der Waals surface area contributed by atoms with Gasteiger partial charge in [0.15, 0.2) is 6.10 Å². The van der Waals surface area contributed by atoms with Crippen molar-refractivity contribution < 1.29 is 28.6 Å². The van der Waals surface area contributed by atoms with Crippen LogP contribution in [-0.2, 0) is 28.6 Å². The highest BCUT2D eigenvalue weighted by molar-refractivity contribution is 5.94. The maximum Gasteiger partial charge on any atom is 0.337 e. The second-order valence-electron chi connectivity index (χ2n) is 4.32. The largest absolute Gasteiger partial charge is 0.466 e. The number of rotatable bonds is 1. The molecule has 0 aromatic heterocycles. The van der Waals surface area contributed by atoms with E-state index in [2.05, 4.69) is 4.74 Å². The van der Waals surface area contributed by atoms with Gasteiger partial charge in [0, 0.05) is 5.92 Å². The lowest BCUT2D eigenvalue weighted by molar-refractivity contribution is -0.178. The molecule has 4 atom stereocenters. The van der Waals surface area contributed by atoms with E-state index in [9.17, 15) is 14.4 Å². The van der Waals surface area contributed by atoms with Gasteiger partial charge in [-0.3, -0.25) is 9.59 Å². The molecule has 0 radical (unpaired) electrons. The topological polar surface area (TPSA) is 78.9 Å². The van der Waals surface area contributed by atoms with Crippen LogP contribution in [0.1, 0.15) is 6.42 Å². The Hall–Kier alpha value is -1.85. The molecular formula is C11H10O6. The van der Waals surface area contributed by atoms with Crippen molar-refractivity contribution in [3.05, 3.63) is 11.6 Å². The lowest BCUT2D eigenvalue weighted by atomic mass is 9.74. The molecule has 6 nitrogen and oxygen atoms in total. The van der Waals surface area contributed by atoms with E-state index < -0.39 is 30.1 Å². The van der Waals surface area contributed by atoms with E-state index in [4.69, 9.17) is 9.47 Å². The van der Waals surface area contributed by atoms with Crippen molar-refractivity contribution in [2.75, 3.05) is 7.11 Å². The second kappa shape index (κ2) is 3.32. The first-order valence-corrected chi connectivity index (χ1v) is 5.32. The molecule has 6 heteroatoms. The summed E-state index contributed by atoms with van der Waals surface area (Å²) in [5, 5.41) is 0. The number of carbonyl (C=O) groups is 3. The van der Waals surface area contributed by atoms with Crippen LogP contribution in [-0.4, -0.2) is 37.2 Å². The fourth-order valence-corrected chi connectivity index (χ4v) is 2.68. The molecule has 0 spiro atoms. The summed E-state index contributed by atoms with van der Waals surface area (Å²) in [6.45, 7) is 0. The van der Waals surface area contributed by atoms with Crippen molar-refractivity contribution in [2.24, 2.45) is 11.8 Å². The zero-order valence-corrected chi connectivity index (χ0v) is 9.04. The number of fused-ring (bicyclic) bond motifs is 1. The summed E-state index contributed by atoms with van der Waals surface area (Å²) in [6, 6.07) is 0. The van der Waals surface area contributed by atoms with Gasteiger partial charge in [0.25, 0.3) is 0 Å². The van der Waals surface area contributed by atoms with Gasteiger partial charge in [-0.15, -0.1) is 0 Å². The second-order valence-corrected chi connectivity index (χ2v) is 4.32. The van der Waals surface area contributed by atoms with Crippen LogP contribution in [0.3, 0.4) is 0 Å². The van der Waals surface area contributed by atoms with Gasteiger partial charge in [-0.2, -0.15) is 0 Å². The first-order chi connectivity index (χ1) is 8.11. The van der Waals surface area contributed by atoms with E-state index >= 15 is 0 Å². The lowest BCUT2D eigenvalue weighted by Crippen LogP contribution is -2.52. The van der Waals surface area contributed by atoms with E-state index in [1.165, 1.54) is 7.11 Å². The van der Waals surface area contributed by atoms with Crippen LogP contribution in [0, 0.1) is 11.8 Å². The number of ether oxygens (including phenoxy) is 3. The maximum atomic E-state index is 11.6. The molecule has 2 bridgehead atoms. The van der Waals surface area contributed by atoms with Crippen LogP contribution < -0.4 is 0 Å². The molecule has 2 fully saturated rings. The zero-order valence-electron chi connectivity index (χ0n) is 9.04. The normalized spacial score (nSPS) is 38.1. The monoisotopic (exact) mass is 238 g/mol. The molecule has 2 saturated heterocycles. The van der Waals surface area contributed by atoms with E-state index in [-0.39, 0.29) is 23.9 Å². The van der Waals surface area contributed by atoms with Crippen LogP contribution >= 0.6 is 0 Å². The van der Waals surface area contributed by atoms with Crippen molar-refractivity contribution in [3.63, 3.8) is 0 Å². The summed E-state index contributed by atoms with van der Waals surface area (Å²) < 4.78 is 14.8. The van der Waals surface area contributed by atoms with Crippen LogP contribution in [0.2, 0.25) is 0 Å². The average molecular weight is 238 g/mol. The van der Waals surface area contributed by atoms with Gasteiger partial charge in [-0.1, -0.05) is 6.08 Å². The minimum atomic E-state index is -0.809. The molecule has 0 saturated carbocycles. The summed E-state index contributed by atoms with van der Waals surface area (Å²) in [5.74, 6) is -2.09. The molecule has 0 unspecified atom stereocenters. The number of hydrogen-bond donors (Lipinski definition) is 0. The molecule has 3 heterocycles. The van der Waals surface area contributed by atoms with Crippen LogP contribution in [0.5, 0.6) is 0 Å². The van der Waals surface area contributed by atoms with Crippen molar-refractivity contribution in [1.29, 1.82) is 0 Å². The number of esters is 3. The van der Waals surface area contributed by atoms with Crippen LogP contribution in [0.15, 0.2) is 11.6 Å². The van der Waals surface area contributed by atoms with Gasteiger partial charge in [0.1, 0.15) is 6.10 Å². The average Bonchev–Trinajstić information content (AvgIpc) is 2.70. The van der Waals surface area contributed by atoms with Gasteiger partial charge < -0.3 is 14.2 Å². The zero-order chi connectivity index (χ0) is 12.2. The lowest BCUT2D eigenvalue weighted by Gasteiger charge is -2.40. The number of hydrogen-bond acceptors (Lipinski definition) is 6. The Balaban J connectivity index is 2.00. The van der Waals surface area contributed by atoms with Crippen molar-refractivity contribution in [3.8, 4) is 0 Å². The molecule has 90 valence electrons. The van der Waals surface area contributed by atoms with E-state index in [0.29, 0.717) is 0 Å². The standard InChI is InChI=1S/C11H10O6/c1-15-10(13)6-2-5-4-3-7(12)16-8(4)9(6)17-11(5)14/h2,4-5,8-9H,3H2,1H3/t4-,5+,8-,9-/m0/s1. The van der Waals surface area contributed by atoms with Gasteiger partial charge in [-0.25, -0.2) is 4.79 Å². The SMILES string of the molecule is COC(=O)C1=C[C@H]2C(=O)O[C@@H]1[C@H]1OC(=O)C[C@H]12. The van der Waals surface area contributed by atoms with Crippen molar-refractivity contribution in [1.82, 2.24) is 0 Å². The van der Waals surface area contributed by atoms with Crippen molar-refractivity contribution in [2.45, 2.75) is 18.6 Å². The Morgan fingerprint density at radius 3 is 2.88 bits per heavy atom. The van der Waals surface area contributed by atoms with Gasteiger partial charge in [0.05, 0.1) is 25.0 Å². The molecule has 4 aliphatic rings. The Morgan fingerprint density at radius 1 is 1.41 bits per heavy atom. The van der Waals surface area contributed by atoms with E-state index in [1.54, 1.807) is 6.08 Å². The molecule has 0 aromatic carbocycles. The molecule has 1 aliphatic carbocycles. The Kier molecular flexibility index (Phi) is 2.01. The van der Waals surface area contributed by atoms with Crippen LogP contribution in [0.4, 0.5) is 0 Å². The fourth-order valence-electron chi connectivity index (χ4n) is 2.68. The molecule has 0 aromatic rings. The summed E-state index contributed by atoms with van der Waals surface area (Å²) in [5.41, 5.74) is 0.271. The molecule has 17 heavy (non-hydrogen) atoms. The van der Waals surface area contributed by atoms with Gasteiger partial charge in [0.2, 0.25) is 0 Å². The third-order valence-electron chi connectivity index (χ3n) is 3.45. The maximum absolute atomic E-state index is 11.6. The predicted molar refractivity (Wildman–Crippen MR) is 51.5 cm³/mol. The molecule has 4 rings (SSSR count). The Morgan fingerprint density at radius 2 is 2.18 bits per heavy atom. The third kappa shape index (κ3) is 1.30. The quantitative estimate of drug-likeness (QED) is 0.455. The van der Waals surface area contributed by atoms with E-state index in [0.717, 1.165) is 0 Å². The molecule has 0 N–H and O–H groups in total. The molecular weight excluding hydrogens is 228 g/mol. The number of carbonyl (C=O) groups excluding carboxylic acids is 3. The van der Waals surface area contributed by atoms with Gasteiger partial charge in [-0.05, 0) is 0 Å². The Labute approximate surface area is 96.5 Å². The summed E-state index contributed by atoms with van der Waals surface area (Å²) in [6.07, 6.45) is 0.401. The highest BCUT2D eigenvalue weighted by atomic mass is 16.6. The predicted octanol–water partition coefficient (Wildman–Crippen LogP) is -0.427. The first-order valence-electron chi connectivity index (χ1n) is 5.32. The van der Waals surface area contributed by atoms with Gasteiger partial charge >= 0.3 is 17.9 Å². The summed E-state index contributed by atoms with van der Waals surface area (Å²) in [4.78, 5) is 34.3. The highest BCUT2D eigenvalue weighted by Gasteiger charge is 2.57. The smallest absolute Gasteiger partial charge is 0.337 e. The van der Waals surface area contributed by atoms with Crippen LogP contribution in [0.25, 0.3) is 0 Å². The third-order valence-corrected chi connectivity index (χ3v) is 3.45. The van der Waals surface area contributed by atoms with E-state index in [1.807, 2.05) is 0 Å². The summed E-state index contributed by atoms with van der Waals surface area (Å²) >= 11 is 0. The highest BCUT2D eigenvalue weighted by Crippen LogP contribution is 2.44. The first kappa shape index (κ1) is 10.3. The Bertz CT molecular complexity index is 451. The number of methoxy groups -OCH3 is 1. The molecule has 3 aliphatic heterocycles. The minimum absolute atomic E-state index is 0.200. The van der Waals surface area contributed by atoms with Crippen molar-refractivity contribution >= 4 is 17.9 Å². The summed E-state index contributed by atoms with van der Waals surface area (Å²) in [7, 11) is 1.26. The fraction of sp³-hybridized carbons (Fsp3) is 0.545.